The molecule has 0 aliphatic carbocycles. The first-order valence-corrected chi connectivity index (χ1v) is 12.6. The highest BCUT2D eigenvalue weighted by molar-refractivity contribution is 6.08. The molecule has 35 heavy (non-hydrogen) atoms. The van der Waals surface area contributed by atoms with E-state index in [1.165, 1.54) is 5.69 Å². The number of nitrogens with one attached hydrogen (secondary N) is 1. The van der Waals surface area contributed by atoms with Gasteiger partial charge in [-0.2, -0.15) is 0 Å². The number of rotatable bonds is 7. The van der Waals surface area contributed by atoms with Gasteiger partial charge in [0, 0.05) is 49.3 Å². The van der Waals surface area contributed by atoms with Crippen molar-refractivity contribution >= 4 is 34.0 Å². The molecule has 0 bridgehead atoms. The molecular formula is C29H33N5O. The second-order valence-corrected chi connectivity index (χ2v) is 9.16. The first-order valence-electron chi connectivity index (χ1n) is 12.6. The second kappa shape index (κ2) is 10.2. The molecule has 0 unspecified atom stereocenters. The Bertz CT molecular complexity index is 1290. The van der Waals surface area contributed by atoms with Crippen LogP contribution in [-0.4, -0.2) is 41.6 Å². The molecule has 6 heteroatoms. The number of nitrogens with zero attached hydrogens (tertiary/aromatic N) is 4. The molecular weight excluding hydrogens is 434 g/mol. The molecule has 0 radical (unpaired) electrons. The number of unbranched alkanes of at least 4 members (excludes halogenated alkanes) is 1. The lowest BCUT2D eigenvalue weighted by Gasteiger charge is -2.36. The molecule has 5 rings (SSSR count). The van der Waals surface area contributed by atoms with E-state index in [0.717, 1.165) is 73.5 Å². The third-order valence-corrected chi connectivity index (χ3v) is 6.91. The van der Waals surface area contributed by atoms with Crippen LogP contribution >= 0.6 is 0 Å². The highest BCUT2D eigenvalue weighted by atomic mass is 16.2. The van der Waals surface area contributed by atoms with Gasteiger partial charge in [-0.3, -0.25) is 4.79 Å². The summed E-state index contributed by atoms with van der Waals surface area (Å²) in [5, 5.41) is 4.22. The van der Waals surface area contributed by atoms with Crippen LogP contribution in [0.25, 0.3) is 10.9 Å². The van der Waals surface area contributed by atoms with E-state index in [1.54, 1.807) is 6.20 Å². The number of carbonyl (C=O) groups excluding carboxylic acids is 1. The SMILES string of the molecule is CCCCn1c(C(=O)Nc2ccc(N3CCN(c4ccccc4)CC3)nc2)c(C)c2ccccc21. The van der Waals surface area contributed by atoms with Crippen LogP contribution in [0.2, 0.25) is 0 Å². The number of hydrogen-bond donors (Lipinski definition) is 1. The lowest BCUT2D eigenvalue weighted by molar-refractivity contribution is 0.101. The fourth-order valence-electron chi connectivity index (χ4n) is 4.99. The number of amides is 1. The van der Waals surface area contributed by atoms with Crippen molar-refractivity contribution in [2.75, 3.05) is 41.3 Å². The summed E-state index contributed by atoms with van der Waals surface area (Å²) in [5.74, 6) is 0.866. The number of aryl methyl sites for hydroxylation is 2. The zero-order valence-electron chi connectivity index (χ0n) is 20.6. The van der Waals surface area contributed by atoms with Gasteiger partial charge in [0.1, 0.15) is 11.5 Å². The molecule has 1 saturated heterocycles. The molecule has 4 aromatic rings. The summed E-state index contributed by atoms with van der Waals surface area (Å²) >= 11 is 0. The Morgan fingerprint density at radius 3 is 2.34 bits per heavy atom. The Kier molecular flexibility index (Phi) is 6.70. The van der Waals surface area contributed by atoms with Crippen LogP contribution in [0, 0.1) is 6.92 Å². The Morgan fingerprint density at radius 1 is 0.914 bits per heavy atom. The van der Waals surface area contributed by atoms with Gasteiger partial charge in [0.05, 0.1) is 11.9 Å². The fraction of sp³-hybridized carbons (Fsp3) is 0.310. The first-order chi connectivity index (χ1) is 17.2. The summed E-state index contributed by atoms with van der Waals surface area (Å²) in [6.45, 7) is 8.81. The lowest BCUT2D eigenvalue weighted by atomic mass is 10.1. The predicted molar refractivity (Wildman–Crippen MR) is 145 cm³/mol. The number of benzene rings is 2. The topological polar surface area (TPSA) is 53.4 Å². The molecule has 1 fully saturated rings. The Morgan fingerprint density at radius 2 is 1.63 bits per heavy atom. The summed E-state index contributed by atoms with van der Waals surface area (Å²) in [6, 6.07) is 22.8. The molecule has 1 N–H and O–H groups in total. The van der Waals surface area contributed by atoms with Crippen molar-refractivity contribution in [3.8, 4) is 0 Å². The van der Waals surface area contributed by atoms with E-state index in [9.17, 15) is 4.79 Å². The normalized spacial score (nSPS) is 13.9. The maximum atomic E-state index is 13.4. The number of para-hydroxylation sites is 2. The molecule has 1 aliphatic rings. The molecule has 0 spiro atoms. The minimum Gasteiger partial charge on any atom is -0.368 e. The maximum absolute atomic E-state index is 13.4. The first kappa shape index (κ1) is 23.0. The minimum absolute atomic E-state index is 0.0826. The predicted octanol–water partition coefficient (Wildman–Crippen LogP) is 5.72. The van der Waals surface area contributed by atoms with Crippen LogP contribution in [0.4, 0.5) is 17.2 Å². The Balaban J connectivity index is 1.28. The van der Waals surface area contributed by atoms with E-state index < -0.39 is 0 Å². The average Bonchev–Trinajstić information content (AvgIpc) is 3.20. The van der Waals surface area contributed by atoms with Crippen LogP contribution in [0.3, 0.4) is 0 Å². The van der Waals surface area contributed by atoms with Gasteiger partial charge in [-0.1, -0.05) is 49.7 Å². The number of fused-ring (bicyclic) bond motifs is 1. The smallest absolute Gasteiger partial charge is 0.272 e. The quantitative estimate of drug-likeness (QED) is 0.377. The third kappa shape index (κ3) is 4.74. The molecule has 180 valence electrons. The highest BCUT2D eigenvalue weighted by Crippen LogP contribution is 2.27. The van der Waals surface area contributed by atoms with Gasteiger partial charge in [0.15, 0.2) is 0 Å². The van der Waals surface area contributed by atoms with Gasteiger partial charge in [0.25, 0.3) is 5.91 Å². The lowest BCUT2D eigenvalue weighted by Crippen LogP contribution is -2.46. The summed E-state index contributed by atoms with van der Waals surface area (Å²) in [6.07, 6.45) is 3.88. The molecule has 1 amide bonds. The van der Waals surface area contributed by atoms with Crippen molar-refractivity contribution in [2.45, 2.75) is 33.2 Å². The monoisotopic (exact) mass is 467 g/mol. The van der Waals surface area contributed by atoms with Crippen LogP contribution in [0.5, 0.6) is 0 Å². The number of piperazine rings is 1. The Hall–Kier alpha value is -3.80. The summed E-state index contributed by atoms with van der Waals surface area (Å²) in [7, 11) is 0. The van der Waals surface area contributed by atoms with Crippen molar-refractivity contribution in [2.24, 2.45) is 0 Å². The second-order valence-electron chi connectivity index (χ2n) is 9.16. The van der Waals surface area contributed by atoms with Crippen LogP contribution in [-0.2, 0) is 6.54 Å². The van der Waals surface area contributed by atoms with Gasteiger partial charge in [-0.05, 0) is 49.2 Å². The maximum Gasteiger partial charge on any atom is 0.272 e. The molecule has 2 aromatic carbocycles. The number of aromatic nitrogens is 2. The summed E-state index contributed by atoms with van der Waals surface area (Å²) < 4.78 is 2.16. The van der Waals surface area contributed by atoms with Crippen molar-refractivity contribution in [3.63, 3.8) is 0 Å². The zero-order valence-corrected chi connectivity index (χ0v) is 20.6. The van der Waals surface area contributed by atoms with Gasteiger partial charge in [0.2, 0.25) is 0 Å². The van der Waals surface area contributed by atoms with Gasteiger partial charge in [-0.15, -0.1) is 0 Å². The molecule has 3 heterocycles. The van der Waals surface area contributed by atoms with E-state index >= 15 is 0 Å². The highest BCUT2D eigenvalue weighted by Gasteiger charge is 2.21. The van der Waals surface area contributed by atoms with E-state index in [4.69, 9.17) is 0 Å². The third-order valence-electron chi connectivity index (χ3n) is 6.91. The largest absolute Gasteiger partial charge is 0.368 e. The Labute approximate surface area is 207 Å². The van der Waals surface area contributed by atoms with Crippen molar-refractivity contribution in [1.82, 2.24) is 9.55 Å². The molecule has 2 aromatic heterocycles. The number of pyridine rings is 1. The van der Waals surface area contributed by atoms with E-state index in [1.807, 2.05) is 31.2 Å². The van der Waals surface area contributed by atoms with Gasteiger partial charge in [-0.25, -0.2) is 4.98 Å². The van der Waals surface area contributed by atoms with Crippen LogP contribution in [0.15, 0.2) is 72.9 Å². The minimum atomic E-state index is -0.0826. The van der Waals surface area contributed by atoms with Crippen molar-refractivity contribution in [3.05, 3.63) is 84.2 Å². The summed E-state index contributed by atoms with van der Waals surface area (Å²) in [4.78, 5) is 22.8. The molecule has 6 nitrogen and oxygen atoms in total. The summed E-state index contributed by atoms with van der Waals surface area (Å²) in [5.41, 5.74) is 4.86. The molecule has 0 saturated carbocycles. The standard InChI is InChI=1S/C29H33N5O/c1-3-4-16-34-26-13-9-8-12-25(26)22(2)28(34)29(35)31-23-14-15-27(30-21-23)33-19-17-32(18-20-33)24-10-6-5-7-11-24/h5-15,21H,3-4,16-20H2,1-2H3,(H,31,35). The van der Waals surface area contributed by atoms with Gasteiger partial charge < -0.3 is 19.7 Å². The van der Waals surface area contributed by atoms with Crippen molar-refractivity contribution in [1.29, 1.82) is 0 Å². The van der Waals surface area contributed by atoms with E-state index in [-0.39, 0.29) is 5.91 Å². The molecule has 0 atom stereocenters. The van der Waals surface area contributed by atoms with Crippen molar-refractivity contribution < 1.29 is 4.79 Å². The number of carbonyl (C=O) groups is 1. The van der Waals surface area contributed by atoms with Crippen LogP contribution in [0.1, 0.15) is 35.8 Å². The average molecular weight is 468 g/mol. The van der Waals surface area contributed by atoms with E-state index in [0.29, 0.717) is 5.69 Å². The zero-order chi connectivity index (χ0) is 24.2. The fourth-order valence-corrected chi connectivity index (χ4v) is 4.99. The van der Waals surface area contributed by atoms with Gasteiger partial charge >= 0.3 is 0 Å². The molecule has 1 aliphatic heterocycles. The van der Waals surface area contributed by atoms with E-state index in [2.05, 4.69) is 74.1 Å². The van der Waals surface area contributed by atoms with Crippen LogP contribution < -0.4 is 15.1 Å². The number of anilines is 3. The number of hydrogen-bond acceptors (Lipinski definition) is 4.